The maximum Gasteiger partial charge on any atom is 0.154 e. The number of hydrogen-bond donors (Lipinski definition) is 4. The predicted octanol–water partition coefficient (Wildman–Crippen LogP) is 1.56. The largest absolute Gasteiger partial charge is 0.388 e. The monoisotopic (exact) mass is 508 g/mol. The maximum absolute atomic E-state index is 9.87. The predicted molar refractivity (Wildman–Crippen MR) is 122 cm³/mol. The van der Waals surface area contributed by atoms with Crippen LogP contribution >= 0.6 is 23.2 Å². The van der Waals surface area contributed by atoms with Gasteiger partial charge in [-0.25, -0.2) is 9.97 Å². The molecule has 180 valence electrons. The van der Waals surface area contributed by atoms with Crippen molar-refractivity contribution >= 4 is 34.5 Å². The van der Waals surface area contributed by atoms with E-state index < -0.39 is 36.6 Å². The minimum absolute atomic E-state index is 0.0654. The van der Waals surface area contributed by atoms with Crippen LogP contribution in [0.3, 0.4) is 0 Å². The molecule has 34 heavy (non-hydrogen) atoms. The van der Waals surface area contributed by atoms with Gasteiger partial charge < -0.3 is 34.3 Å². The lowest BCUT2D eigenvalue weighted by Crippen LogP contribution is -2.25. The number of pyridine rings is 2. The third-order valence-corrected chi connectivity index (χ3v) is 6.38. The summed E-state index contributed by atoms with van der Waals surface area (Å²) in [7, 11) is 0. The minimum Gasteiger partial charge on any atom is -0.388 e. The quantitative estimate of drug-likeness (QED) is 0.320. The SMILES string of the molecule is O[C@@H]1COC(c2c(Cl)nc3ccc(Cl)cn23)[C@@H]1O.O[C@@H]1COC(c2cnc3ccccn23)[C@@H]1O. The number of imidazole rings is 2. The van der Waals surface area contributed by atoms with Crippen LogP contribution in [0.1, 0.15) is 23.6 Å². The molecular weight excluding hydrogens is 487 g/mol. The zero-order valence-corrected chi connectivity index (χ0v) is 19.2. The highest BCUT2D eigenvalue weighted by Gasteiger charge is 2.39. The lowest BCUT2D eigenvalue weighted by atomic mass is 10.1. The number of hydrogen-bond acceptors (Lipinski definition) is 8. The van der Waals surface area contributed by atoms with Gasteiger partial charge in [-0.05, 0) is 24.3 Å². The third kappa shape index (κ3) is 4.16. The van der Waals surface area contributed by atoms with Crippen LogP contribution in [0.15, 0.2) is 48.9 Å². The van der Waals surface area contributed by atoms with Crippen LogP contribution in [-0.4, -0.2) is 76.8 Å². The van der Waals surface area contributed by atoms with E-state index in [1.54, 1.807) is 28.9 Å². The highest BCUT2D eigenvalue weighted by Crippen LogP contribution is 2.35. The van der Waals surface area contributed by atoms with Gasteiger partial charge >= 0.3 is 0 Å². The molecule has 2 saturated heterocycles. The average Bonchev–Trinajstić information content (AvgIpc) is 3.56. The lowest BCUT2D eigenvalue weighted by Gasteiger charge is -2.15. The highest BCUT2D eigenvalue weighted by atomic mass is 35.5. The molecule has 12 heteroatoms. The van der Waals surface area contributed by atoms with Crippen LogP contribution in [-0.2, 0) is 9.47 Å². The summed E-state index contributed by atoms with van der Waals surface area (Å²) < 4.78 is 14.2. The second-order valence-corrected chi connectivity index (χ2v) is 8.89. The molecule has 2 aliphatic heterocycles. The van der Waals surface area contributed by atoms with E-state index in [4.69, 9.17) is 32.7 Å². The first kappa shape index (κ1) is 23.5. The number of halogens is 2. The van der Waals surface area contributed by atoms with Crippen molar-refractivity contribution in [3.05, 3.63) is 70.5 Å². The van der Waals surface area contributed by atoms with Crippen molar-refractivity contribution in [1.29, 1.82) is 0 Å². The molecule has 0 bridgehead atoms. The Morgan fingerprint density at radius 3 is 2.24 bits per heavy atom. The van der Waals surface area contributed by atoms with E-state index in [9.17, 15) is 20.4 Å². The second kappa shape index (κ2) is 9.40. The van der Waals surface area contributed by atoms with Crippen LogP contribution in [0, 0.1) is 0 Å². The molecule has 0 saturated carbocycles. The van der Waals surface area contributed by atoms with E-state index in [1.807, 2.05) is 28.8 Å². The Balaban J connectivity index is 0.000000142. The fraction of sp³-hybridized carbons (Fsp3) is 0.364. The van der Waals surface area contributed by atoms with E-state index in [0.717, 1.165) is 11.3 Å². The number of nitrogens with zero attached hydrogens (tertiary/aromatic N) is 4. The molecule has 2 fully saturated rings. The Labute approximate surface area is 203 Å². The molecule has 10 nitrogen and oxygen atoms in total. The van der Waals surface area contributed by atoms with Crippen molar-refractivity contribution in [3.63, 3.8) is 0 Å². The molecule has 2 aliphatic rings. The number of fused-ring (bicyclic) bond motifs is 2. The Kier molecular flexibility index (Phi) is 6.49. The van der Waals surface area contributed by atoms with E-state index in [2.05, 4.69) is 9.97 Å². The van der Waals surface area contributed by atoms with Crippen LogP contribution in [0.25, 0.3) is 11.3 Å². The average molecular weight is 509 g/mol. The van der Waals surface area contributed by atoms with Crippen molar-refractivity contribution in [3.8, 4) is 0 Å². The second-order valence-electron chi connectivity index (χ2n) is 8.10. The molecule has 6 heterocycles. The Morgan fingerprint density at radius 2 is 1.56 bits per heavy atom. The standard InChI is InChI=1S/C11H10Cl2N2O3.C11H12N2O3/c12-5-1-2-7-14-11(13)8(15(7)3-5)10-9(17)6(16)4-18-10;14-8-6-16-11(10(8)15)7-5-12-9-3-1-2-4-13(7)9/h1-3,6,9-10,16-17H,4H2;1-5,8,10-11,14-15H,6H2/t6-,9-,10?;8-,10-,11?/m11/s1. The molecule has 0 aliphatic carbocycles. The molecule has 6 atom stereocenters. The van der Waals surface area contributed by atoms with Crippen LogP contribution in [0.2, 0.25) is 10.2 Å². The molecule has 6 rings (SSSR count). The van der Waals surface area contributed by atoms with Crippen molar-refractivity contribution in [1.82, 2.24) is 18.8 Å². The van der Waals surface area contributed by atoms with Gasteiger partial charge in [-0.15, -0.1) is 0 Å². The number of ether oxygens (including phenoxy) is 2. The van der Waals surface area contributed by atoms with E-state index in [0.29, 0.717) is 16.4 Å². The summed E-state index contributed by atoms with van der Waals surface area (Å²) in [5.41, 5.74) is 2.67. The lowest BCUT2D eigenvalue weighted by molar-refractivity contribution is 0.0201. The number of rotatable bonds is 2. The molecule has 4 aromatic rings. The van der Waals surface area contributed by atoms with Gasteiger partial charge in [0.15, 0.2) is 5.15 Å². The van der Waals surface area contributed by atoms with Crippen LogP contribution < -0.4 is 0 Å². The van der Waals surface area contributed by atoms with E-state index in [1.165, 1.54) is 0 Å². The van der Waals surface area contributed by atoms with E-state index in [-0.39, 0.29) is 18.4 Å². The van der Waals surface area contributed by atoms with E-state index >= 15 is 0 Å². The fourth-order valence-electron chi connectivity index (χ4n) is 4.13. The molecule has 2 unspecified atom stereocenters. The van der Waals surface area contributed by atoms with Gasteiger partial charge in [-0.3, -0.25) is 4.40 Å². The van der Waals surface area contributed by atoms with Crippen molar-refractivity contribution in [2.45, 2.75) is 36.6 Å². The third-order valence-electron chi connectivity index (χ3n) is 5.88. The van der Waals surface area contributed by atoms with Crippen LogP contribution in [0.5, 0.6) is 0 Å². The number of aliphatic hydroxyl groups is 4. The molecular formula is C22H22Cl2N4O6. The zero-order chi connectivity index (χ0) is 24.0. The number of aliphatic hydroxyl groups excluding tert-OH is 4. The summed E-state index contributed by atoms with van der Waals surface area (Å²) in [4.78, 5) is 8.37. The number of aromatic nitrogens is 4. The zero-order valence-electron chi connectivity index (χ0n) is 17.6. The maximum atomic E-state index is 9.87. The summed E-state index contributed by atoms with van der Waals surface area (Å²) in [6, 6.07) is 9.07. The first-order valence-electron chi connectivity index (χ1n) is 10.6. The summed E-state index contributed by atoms with van der Waals surface area (Å²) in [6.07, 6.45) is 0.302. The summed E-state index contributed by atoms with van der Waals surface area (Å²) >= 11 is 12.0. The van der Waals surface area contributed by atoms with Gasteiger partial charge in [0.2, 0.25) is 0 Å². The van der Waals surface area contributed by atoms with Crippen LogP contribution in [0.4, 0.5) is 0 Å². The smallest absolute Gasteiger partial charge is 0.154 e. The van der Waals surface area contributed by atoms with Gasteiger partial charge in [0, 0.05) is 12.4 Å². The Bertz CT molecular complexity index is 1310. The topological polar surface area (TPSA) is 134 Å². The fourth-order valence-corrected chi connectivity index (χ4v) is 4.57. The van der Waals surface area contributed by atoms with Gasteiger partial charge in [-0.2, -0.15) is 0 Å². The first-order valence-corrected chi connectivity index (χ1v) is 11.3. The van der Waals surface area contributed by atoms with Crippen molar-refractivity contribution < 1.29 is 29.9 Å². The normalized spacial score (nSPS) is 29.0. The summed E-state index contributed by atoms with van der Waals surface area (Å²) in [5.74, 6) is 0. The summed E-state index contributed by atoms with van der Waals surface area (Å²) in [6.45, 7) is 0.224. The molecule has 0 radical (unpaired) electrons. The highest BCUT2D eigenvalue weighted by molar-refractivity contribution is 6.31. The molecule has 0 amide bonds. The minimum atomic E-state index is -1.03. The van der Waals surface area contributed by atoms with Crippen molar-refractivity contribution in [2.75, 3.05) is 13.2 Å². The molecule has 0 aromatic carbocycles. The molecule has 4 aromatic heterocycles. The Morgan fingerprint density at radius 1 is 0.853 bits per heavy atom. The van der Waals surface area contributed by atoms with Gasteiger partial charge in [0.25, 0.3) is 0 Å². The molecule has 4 N–H and O–H groups in total. The first-order chi connectivity index (χ1) is 16.3. The Hall–Kier alpha value is -2.28. The van der Waals surface area contributed by atoms with Gasteiger partial charge in [0.05, 0.1) is 35.8 Å². The van der Waals surface area contributed by atoms with Gasteiger partial charge in [-0.1, -0.05) is 29.3 Å². The summed E-state index contributed by atoms with van der Waals surface area (Å²) in [5, 5.41) is 39.3. The molecule has 0 spiro atoms. The van der Waals surface area contributed by atoms with Crippen molar-refractivity contribution in [2.24, 2.45) is 0 Å². The van der Waals surface area contributed by atoms with Gasteiger partial charge in [0.1, 0.15) is 47.9 Å².